The van der Waals surface area contributed by atoms with E-state index in [4.69, 9.17) is 11.6 Å². The van der Waals surface area contributed by atoms with Crippen LogP contribution in [0, 0.1) is 0 Å². The Morgan fingerprint density at radius 1 is 1.21 bits per heavy atom. The van der Waals surface area contributed by atoms with Crippen LogP contribution in [-0.2, 0) is 19.6 Å². The number of likely N-dealkylation sites (tertiary alicyclic amines) is 2. The van der Waals surface area contributed by atoms with Gasteiger partial charge in [-0.1, -0.05) is 11.6 Å². The Balaban J connectivity index is 1.61. The van der Waals surface area contributed by atoms with Gasteiger partial charge in [0.15, 0.2) is 0 Å². The number of carbonyl (C=O) groups excluding carboxylic acids is 1. The summed E-state index contributed by atoms with van der Waals surface area (Å²) >= 11 is 7.10. The Bertz CT molecular complexity index is 1170. The lowest BCUT2D eigenvalue weighted by Crippen LogP contribution is -2.59. The Hall–Kier alpha value is -1.72. The quantitative estimate of drug-likeness (QED) is 0.592. The van der Waals surface area contributed by atoms with Crippen molar-refractivity contribution in [1.82, 2.24) is 14.1 Å². The van der Waals surface area contributed by atoms with Crippen molar-refractivity contribution in [1.29, 1.82) is 0 Å². The van der Waals surface area contributed by atoms with Crippen LogP contribution < -0.4 is 0 Å². The lowest BCUT2D eigenvalue weighted by molar-refractivity contribution is -0.144. The third-order valence-corrected chi connectivity index (χ3v) is 10.4. The molecular weight excluding hydrogens is 498 g/mol. The minimum Gasteiger partial charge on any atom is -0.480 e. The van der Waals surface area contributed by atoms with Crippen molar-refractivity contribution in [2.24, 2.45) is 0 Å². The van der Waals surface area contributed by atoms with E-state index in [2.05, 4.69) is 18.7 Å². The summed E-state index contributed by atoms with van der Waals surface area (Å²) in [5, 5.41) is 10.7. The second-order valence-corrected chi connectivity index (χ2v) is 12.9. The standard InChI is InChI=1S/C23H30ClN3O5S2/c1-15(2)25-10-7-18(8-11-25)26-9-3-4-19(23(26)30)27(14-21(28)29)34(31,32)22-13-16-12-17(24)5-6-20(16)33-22/h5-6,12-13,15,18-19H,3-4,7-11,14H2,1-2H3,(H,28,29). The molecule has 1 aromatic carbocycles. The average Bonchev–Trinajstić information content (AvgIpc) is 3.22. The smallest absolute Gasteiger partial charge is 0.318 e. The predicted octanol–water partition coefficient (Wildman–Crippen LogP) is 3.49. The number of aliphatic carboxylic acids is 1. The van der Waals surface area contributed by atoms with E-state index in [0.29, 0.717) is 35.8 Å². The van der Waals surface area contributed by atoms with E-state index >= 15 is 0 Å². The molecule has 8 nitrogen and oxygen atoms in total. The molecule has 3 heterocycles. The summed E-state index contributed by atoms with van der Waals surface area (Å²) in [5.74, 6) is -1.58. The first-order valence-corrected chi connectivity index (χ1v) is 14.2. The summed E-state index contributed by atoms with van der Waals surface area (Å²) < 4.78 is 28.9. The highest BCUT2D eigenvalue weighted by Gasteiger charge is 2.43. The van der Waals surface area contributed by atoms with Crippen molar-refractivity contribution in [2.75, 3.05) is 26.2 Å². The van der Waals surface area contributed by atoms with Gasteiger partial charge >= 0.3 is 5.97 Å². The number of carbonyl (C=O) groups is 2. The van der Waals surface area contributed by atoms with Gasteiger partial charge in [-0.3, -0.25) is 9.59 Å². The fraction of sp³-hybridized carbons (Fsp3) is 0.565. The van der Waals surface area contributed by atoms with E-state index in [9.17, 15) is 23.1 Å². The zero-order valence-corrected chi connectivity index (χ0v) is 21.7. The van der Waals surface area contributed by atoms with Crippen molar-refractivity contribution in [2.45, 2.75) is 61.9 Å². The van der Waals surface area contributed by atoms with Crippen LogP contribution in [0.4, 0.5) is 0 Å². The maximum atomic E-state index is 13.6. The maximum absolute atomic E-state index is 13.6. The molecule has 1 atom stereocenters. The van der Waals surface area contributed by atoms with E-state index in [1.165, 1.54) is 6.07 Å². The van der Waals surface area contributed by atoms with Gasteiger partial charge in [0.2, 0.25) is 5.91 Å². The van der Waals surface area contributed by atoms with Crippen LogP contribution in [0.3, 0.4) is 0 Å². The molecular formula is C23H30ClN3O5S2. The molecule has 0 bridgehead atoms. The Kier molecular flexibility index (Phi) is 7.54. The van der Waals surface area contributed by atoms with Gasteiger partial charge in [-0.15, -0.1) is 11.3 Å². The molecule has 2 aliphatic heterocycles. The molecule has 186 valence electrons. The lowest BCUT2D eigenvalue weighted by atomic mass is 9.96. The van der Waals surface area contributed by atoms with E-state index in [-0.39, 0.29) is 16.2 Å². The lowest BCUT2D eigenvalue weighted by Gasteiger charge is -2.44. The first-order valence-electron chi connectivity index (χ1n) is 11.5. The minimum absolute atomic E-state index is 0.0150. The van der Waals surface area contributed by atoms with Crippen molar-refractivity contribution in [3.63, 3.8) is 0 Å². The molecule has 34 heavy (non-hydrogen) atoms. The summed E-state index contributed by atoms with van der Waals surface area (Å²) in [4.78, 5) is 29.4. The topological polar surface area (TPSA) is 98.2 Å². The van der Waals surface area contributed by atoms with Gasteiger partial charge in [0.25, 0.3) is 10.0 Å². The molecule has 0 radical (unpaired) electrons. The van der Waals surface area contributed by atoms with E-state index in [1.807, 2.05) is 0 Å². The van der Waals surface area contributed by atoms with Gasteiger partial charge < -0.3 is 14.9 Å². The summed E-state index contributed by atoms with van der Waals surface area (Å²) in [5.41, 5.74) is 0. The number of carboxylic acids is 1. The molecule has 2 aliphatic rings. The fourth-order valence-corrected chi connectivity index (χ4v) is 8.20. The number of amides is 1. The molecule has 1 aromatic heterocycles. The number of rotatable bonds is 7. The number of piperidine rings is 2. The maximum Gasteiger partial charge on any atom is 0.318 e. The van der Waals surface area contributed by atoms with Crippen LogP contribution in [0.5, 0.6) is 0 Å². The average molecular weight is 528 g/mol. The molecule has 2 aromatic rings. The molecule has 4 rings (SSSR count). The SMILES string of the molecule is CC(C)N1CCC(N2CCCC(N(CC(=O)O)S(=O)(=O)c3cc4cc(Cl)ccc4s3)C2=O)CC1. The van der Waals surface area contributed by atoms with Crippen LogP contribution in [-0.4, -0.2) is 83.8 Å². The number of hydrogen-bond acceptors (Lipinski definition) is 6. The van der Waals surface area contributed by atoms with Gasteiger partial charge in [0.05, 0.1) is 0 Å². The van der Waals surface area contributed by atoms with Crippen LogP contribution in [0.1, 0.15) is 39.5 Å². The number of sulfonamides is 1. The van der Waals surface area contributed by atoms with Gasteiger partial charge in [-0.25, -0.2) is 8.42 Å². The Morgan fingerprint density at radius 2 is 1.91 bits per heavy atom. The first-order chi connectivity index (χ1) is 16.1. The number of nitrogens with zero attached hydrogens (tertiary/aromatic N) is 3. The number of hydrogen-bond donors (Lipinski definition) is 1. The number of halogens is 1. The Morgan fingerprint density at radius 3 is 2.56 bits per heavy atom. The van der Waals surface area contributed by atoms with Crippen molar-refractivity contribution >= 4 is 54.9 Å². The van der Waals surface area contributed by atoms with Crippen LogP contribution in [0.15, 0.2) is 28.5 Å². The Labute approximate surface area is 209 Å². The number of fused-ring (bicyclic) bond motifs is 1. The van der Waals surface area contributed by atoms with Gasteiger partial charge in [0.1, 0.15) is 16.8 Å². The van der Waals surface area contributed by atoms with Crippen molar-refractivity contribution < 1.29 is 23.1 Å². The fourth-order valence-electron chi connectivity index (χ4n) is 4.95. The zero-order chi connectivity index (χ0) is 24.6. The molecule has 2 fully saturated rings. The van der Waals surface area contributed by atoms with Crippen molar-refractivity contribution in [3.8, 4) is 0 Å². The van der Waals surface area contributed by atoms with E-state index in [0.717, 1.165) is 46.3 Å². The summed E-state index contributed by atoms with van der Waals surface area (Å²) in [6, 6.07) is 6.06. The van der Waals surface area contributed by atoms with Gasteiger partial charge in [-0.2, -0.15) is 4.31 Å². The van der Waals surface area contributed by atoms with Gasteiger partial charge in [-0.05, 0) is 69.2 Å². The highest BCUT2D eigenvalue weighted by molar-refractivity contribution is 7.91. The third kappa shape index (κ3) is 5.11. The second kappa shape index (κ2) is 10.1. The molecule has 0 saturated carbocycles. The summed E-state index contributed by atoms with van der Waals surface area (Å²) in [6.07, 6.45) is 2.61. The summed E-state index contributed by atoms with van der Waals surface area (Å²) in [6.45, 7) is 5.89. The number of thiophene rings is 1. The summed E-state index contributed by atoms with van der Waals surface area (Å²) in [7, 11) is -4.21. The van der Waals surface area contributed by atoms with Crippen LogP contribution >= 0.6 is 22.9 Å². The van der Waals surface area contributed by atoms with E-state index in [1.54, 1.807) is 23.1 Å². The molecule has 1 amide bonds. The normalized spacial score (nSPS) is 21.1. The molecule has 0 spiro atoms. The zero-order valence-electron chi connectivity index (χ0n) is 19.3. The highest BCUT2D eigenvalue weighted by Crippen LogP contribution is 2.35. The highest BCUT2D eigenvalue weighted by atomic mass is 35.5. The second-order valence-electron chi connectivity index (χ2n) is 9.24. The van der Waals surface area contributed by atoms with Crippen LogP contribution in [0.25, 0.3) is 10.1 Å². The molecule has 0 aliphatic carbocycles. The third-order valence-electron chi connectivity index (χ3n) is 6.77. The molecule has 1 N–H and O–H groups in total. The molecule has 11 heteroatoms. The van der Waals surface area contributed by atoms with Gasteiger partial charge in [0, 0.05) is 41.4 Å². The number of benzene rings is 1. The van der Waals surface area contributed by atoms with E-state index < -0.39 is 28.6 Å². The largest absolute Gasteiger partial charge is 0.480 e. The minimum atomic E-state index is -4.21. The molecule has 1 unspecified atom stereocenters. The monoisotopic (exact) mass is 527 g/mol. The first kappa shape index (κ1) is 25.4. The predicted molar refractivity (Wildman–Crippen MR) is 133 cm³/mol. The van der Waals surface area contributed by atoms with Crippen molar-refractivity contribution in [3.05, 3.63) is 29.3 Å². The molecule has 2 saturated heterocycles. The number of carboxylic acid groups (broad SMARTS) is 1. The van der Waals surface area contributed by atoms with Crippen LogP contribution in [0.2, 0.25) is 5.02 Å².